The molecule has 1 N–H and O–H groups in total. The van der Waals surface area contributed by atoms with Gasteiger partial charge in [-0.2, -0.15) is 5.10 Å². The summed E-state index contributed by atoms with van der Waals surface area (Å²) in [5, 5.41) is 6.44. The molecule has 1 aromatic heterocycles. The van der Waals surface area contributed by atoms with Gasteiger partial charge in [-0.25, -0.2) is 5.10 Å². The van der Waals surface area contributed by atoms with Gasteiger partial charge < -0.3 is 0 Å². The molecule has 2 rings (SSSR count). The molecule has 1 heterocycles. The fraction of sp³-hybridized carbons (Fsp3) is 0.0909. The number of aryl methyl sites for hydroxylation is 1. The second-order valence-corrected chi connectivity index (χ2v) is 3.13. The lowest BCUT2D eigenvalue weighted by molar-refractivity contribution is 0.981. The van der Waals surface area contributed by atoms with Gasteiger partial charge in [0.1, 0.15) is 0 Å². The summed E-state index contributed by atoms with van der Waals surface area (Å²) < 4.78 is 0. The van der Waals surface area contributed by atoms with E-state index in [1.54, 1.807) is 6.07 Å². The van der Waals surface area contributed by atoms with Crippen molar-refractivity contribution in [2.45, 2.75) is 6.92 Å². The monoisotopic (exact) mass is 186 g/mol. The van der Waals surface area contributed by atoms with Crippen LogP contribution in [0.2, 0.25) is 0 Å². The number of nitrogens with zero attached hydrogens (tertiary/aromatic N) is 1. The highest BCUT2D eigenvalue weighted by Gasteiger charge is 2.02. The summed E-state index contributed by atoms with van der Waals surface area (Å²) >= 11 is 0. The maximum atomic E-state index is 11.0. The van der Waals surface area contributed by atoms with Crippen molar-refractivity contribution in [1.82, 2.24) is 10.2 Å². The number of hydrogen-bond donors (Lipinski definition) is 1. The Morgan fingerprint density at radius 1 is 1.21 bits per heavy atom. The summed E-state index contributed by atoms with van der Waals surface area (Å²) in [5.74, 6) is 0. The molecule has 0 radical (unpaired) electrons. The molecule has 0 atom stereocenters. The number of benzene rings is 1. The van der Waals surface area contributed by atoms with Crippen molar-refractivity contribution in [2.24, 2.45) is 0 Å². The molecule has 0 aliphatic heterocycles. The molecule has 14 heavy (non-hydrogen) atoms. The molecule has 0 amide bonds. The minimum atomic E-state index is -0.165. The Balaban J connectivity index is 2.58. The van der Waals surface area contributed by atoms with Crippen LogP contribution >= 0.6 is 0 Å². The van der Waals surface area contributed by atoms with E-state index in [0.29, 0.717) is 0 Å². The predicted octanol–water partition coefficient (Wildman–Crippen LogP) is 1.75. The van der Waals surface area contributed by atoms with Crippen molar-refractivity contribution in [2.75, 3.05) is 0 Å². The topological polar surface area (TPSA) is 45.8 Å². The van der Waals surface area contributed by atoms with Gasteiger partial charge in [-0.15, -0.1) is 0 Å². The molecule has 0 saturated carbocycles. The summed E-state index contributed by atoms with van der Waals surface area (Å²) in [6.45, 7) is 1.88. The zero-order chi connectivity index (χ0) is 9.97. The van der Waals surface area contributed by atoms with E-state index in [9.17, 15) is 4.79 Å². The summed E-state index contributed by atoms with van der Waals surface area (Å²) in [5.41, 5.74) is 2.56. The molecule has 0 bridgehead atoms. The zero-order valence-corrected chi connectivity index (χ0v) is 7.82. The van der Waals surface area contributed by atoms with Crippen molar-refractivity contribution in [3.8, 4) is 11.3 Å². The van der Waals surface area contributed by atoms with Crippen molar-refractivity contribution >= 4 is 0 Å². The Morgan fingerprint density at radius 3 is 2.57 bits per heavy atom. The first kappa shape index (κ1) is 8.69. The number of aromatic amines is 1. The van der Waals surface area contributed by atoms with Gasteiger partial charge in [-0.3, -0.25) is 4.79 Å². The van der Waals surface area contributed by atoms with Crippen LogP contribution in [0.15, 0.2) is 41.2 Å². The summed E-state index contributed by atoms with van der Waals surface area (Å²) in [6.07, 6.45) is 0. The fourth-order valence-electron chi connectivity index (χ4n) is 1.38. The van der Waals surface area contributed by atoms with E-state index in [2.05, 4.69) is 10.2 Å². The van der Waals surface area contributed by atoms with Crippen LogP contribution in [0.5, 0.6) is 0 Å². The lowest BCUT2D eigenvalue weighted by Crippen LogP contribution is -2.08. The Hall–Kier alpha value is -1.90. The smallest absolute Gasteiger partial charge is 0.264 e. The highest BCUT2D eigenvalue weighted by molar-refractivity contribution is 5.61. The Morgan fingerprint density at radius 2 is 1.93 bits per heavy atom. The largest absolute Gasteiger partial charge is 0.268 e. The molecular formula is C11H10N2O. The van der Waals surface area contributed by atoms with E-state index in [0.717, 1.165) is 16.8 Å². The quantitative estimate of drug-likeness (QED) is 0.737. The molecule has 70 valence electrons. The van der Waals surface area contributed by atoms with Crippen LogP contribution < -0.4 is 5.56 Å². The Bertz CT molecular complexity index is 488. The first-order chi connectivity index (χ1) is 6.77. The van der Waals surface area contributed by atoms with Crippen LogP contribution in [0.3, 0.4) is 0 Å². The van der Waals surface area contributed by atoms with Crippen LogP contribution in [-0.4, -0.2) is 10.2 Å². The average molecular weight is 186 g/mol. The number of rotatable bonds is 1. The molecule has 2 aromatic rings. The van der Waals surface area contributed by atoms with Crippen LogP contribution in [0.1, 0.15) is 5.56 Å². The van der Waals surface area contributed by atoms with Crippen molar-refractivity contribution in [3.05, 3.63) is 52.3 Å². The van der Waals surface area contributed by atoms with Crippen molar-refractivity contribution < 1.29 is 0 Å². The third kappa shape index (κ3) is 1.57. The Labute approximate surface area is 81.4 Å². The molecule has 0 aliphatic carbocycles. The molecule has 0 spiro atoms. The van der Waals surface area contributed by atoms with Gasteiger partial charge in [0, 0.05) is 11.6 Å². The Kier molecular flexibility index (Phi) is 2.14. The number of aromatic nitrogens is 2. The van der Waals surface area contributed by atoms with E-state index >= 15 is 0 Å². The summed E-state index contributed by atoms with van der Waals surface area (Å²) in [6, 6.07) is 11.3. The van der Waals surface area contributed by atoms with E-state index in [1.807, 2.05) is 37.3 Å². The highest BCUT2D eigenvalue weighted by atomic mass is 16.1. The van der Waals surface area contributed by atoms with Gasteiger partial charge in [0.15, 0.2) is 0 Å². The van der Waals surface area contributed by atoms with Gasteiger partial charge in [-0.05, 0) is 12.5 Å². The molecule has 0 saturated heterocycles. The molecule has 1 aromatic carbocycles. The van der Waals surface area contributed by atoms with Gasteiger partial charge in [0.05, 0.1) is 5.69 Å². The third-order valence-electron chi connectivity index (χ3n) is 2.05. The predicted molar refractivity (Wildman–Crippen MR) is 55.0 cm³/mol. The van der Waals surface area contributed by atoms with E-state index in [1.165, 1.54) is 0 Å². The molecule has 0 fully saturated rings. The highest BCUT2D eigenvalue weighted by Crippen LogP contribution is 2.17. The maximum Gasteiger partial charge on any atom is 0.264 e. The first-order valence-corrected chi connectivity index (χ1v) is 4.39. The molecule has 0 unspecified atom stereocenters. The normalized spacial score (nSPS) is 10.1. The number of H-pyrrole nitrogens is 1. The van der Waals surface area contributed by atoms with Crippen molar-refractivity contribution in [3.63, 3.8) is 0 Å². The van der Waals surface area contributed by atoms with Gasteiger partial charge >= 0.3 is 0 Å². The van der Waals surface area contributed by atoms with Crippen molar-refractivity contribution in [1.29, 1.82) is 0 Å². The molecule has 3 heteroatoms. The van der Waals surface area contributed by atoms with Gasteiger partial charge in [0.25, 0.3) is 5.56 Å². The van der Waals surface area contributed by atoms with Gasteiger partial charge in [0.2, 0.25) is 0 Å². The fourth-order valence-corrected chi connectivity index (χ4v) is 1.38. The number of hydrogen-bond acceptors (Lipinski definition) is 2. The lowest BCUT2D eigenvalue weighted by atomic mass is 10.1. The van der Waals surface area contributed by atoms with E-state index in [-0.39, 0.29) is 5.56 Å². The zero-order valence-electron chi connectivity index (χ0n) is 7.82. The van der Waals surface area contributed by atoms with Crippen LogP contribution in [0, 0.1) is 6.92 Å². The van der Waals surface area contributed by atoms with Crippen LogP contribution in [-0.2, 0) is 0 Å². The molecule has 0 aliphatic rings. The standard InChI is InChI=1S/C11H10N2O/c1-8-7-10(14)12-13-11(8)9-5-3-2-4-6-9/h2-7H,1H3,(H,12,14). The van der Waals surface area contributed by atoms with E-state index < -0.39 is 0 Å². The SMILES string of the molecule is Cc1cc(=O)[nH]nc1-c1ccccc1. The number of nitrogens with one attached hydrogen (secondary N) is 1. The van der Waals surface area contributed by atoms with Crippen LogP contribution in [0.25, 0.3) is 11.3 Å². The molecular weight excluding hydrogens is 176 g/mol. The average Bonchev–Trinajstić information content (AvgIpc) is 2.19. The minimum absolute atomic E-state index is 0.165. The second-order valence-electron chi connectivity index (χ2n) is 3.13. The summed E-state index contributed by atoms with van der Waals surface area (Å²) in [4.78, 5) is 11.0. The first-order valence-electron chi connectivity index (χ1n) is 4.39. The van der Waals surface area contributed by atoms with Crippen LogP contribution in [0.4, 0.5) is 0 Å². The second kappa shape index (κ2) is 3.46. The summed E-state index contributed by atoms with van der Waals surface area (Å²) in [7, 11) is 0. The molecule has 3 nitrogen and oxygen atoms in total. The third-order valence-corrected chi connectivity index (χ3v) is 2.05. The maximum absolute atomic E-state index is 11.0. The van der Waals surface area contributed by atoms with Gasteiger partial charge in [-0.1, -0.05) is 30.3 Å². The minimum Gasteiger partial charge on any atom is -0.268 e. The lowest BCUT2D eigenvalue weighted by Gasteiger charge is -2.02. The van der Waals surface area contributed by atoms with E-state index in [4.69, 9.17) is 0 Å².